The van der Waals surface area contributed by atoms with Gasteiger partial charge in [0.05, 0.1) is 11.7 Å². The quantitative estimate of drug-likeness (QED) is 0.245. The number of ether oxygens (including phenoxy) is 1. The van der Waals surface area contributed by atoms with E-state index in [9.17, 15) is 27.9 Å². The van der Waals surface area contributed by atoms with Gasteiger partial charge in [0, 0.05) is 29.4 Å². The van der Waals surface area contributed by atoms with Crippen molar-refractivity contribution >= 4 is 28.8 Å². The average molecular weight is 549 g/mol. The number of allylic oxidation sites excluding steroid dienone is 2. The molecule has 3 aromatic rings. The number of amides is 2. The number of fused-ring (bicyclic) bond motifs is 1. The molecule has 1 fully saturated rings. The van der Waals surface area contributed by atoms with Crippen LogP contribution in [0, 0.1) is 0 Å². The maximum Gasteiger partial charge on any atom is 0.416 e. The zero-order valence-electron chi connectivity index (χ0n) is 21.4. The predicted molar refractivity (Wildman–Crippen MR) is 146 cm³/mol. The highest BCUT2D eigenvalue weighted by molar-refractivity contribution is 6.03. The molecule has 0 saturated heterocycles. The highest BCUT2D eigenvalue weighted by Crippen LogP contribution is 2.33. The van der Waals surface area contributed by atoms with Crippen molar-refractivity contribution < 1.29 is 32.6 Å². The van der Waals surface area contributed by atoms with E-state index in [1.807, 2.05) is 24.3 Å². The number of hydrogen-bond donors (Lipinski definition) is 3. The first-order chi connectivity index (χ1) is 19.2. The number of aliphatic hydroxyl groups excluding tert-OH is 1. The molecule has 2 aliphatic rings. The van der Waals surface area contributed by atoms with Crippen molar-refractivity contribution in [3.8, 4) is 5.75 Å². The van der Waals surface area contributed by atoms with Crippen LogP contribution in [0.5, 0.6) is 5.75 Å². The molecular formula is C31H27F3N2O4. The van der Waals surface area contributed by atoms with Crippen LogP contribution in [0.2, 0.25) is 0 Å². The van der Waals surface area contributed by atoms with Crippen molar-refractivity contribution in [2.24, 2.45) is 0 Å². The molecule has 1 unspecified atom stereocenters. The maximum atomic E-state index is 13.1. The number of aliphatic hydroxyl groups is 1. The first-order valence-electron chi connectivity index (χ1n) is 12.9. The van der Waals surface area contributed by atoms with E-state index in [0.29, 0.717) is 28.1 Å². The molecule has 5 rings (SSSR count). The van der Waals surface area contributed by atoms with Crippen molar-refractivity contribution in [1.82, 2.24) is 0 Å². The summed E-state index contributed by atoms with van der Waals surface area (Å²) in [5.41, 5.74) is 2.76. The molecule has 0 bridgehead atoms. The van der Waals surface area contributed by atoms with Gasteiger partial charge in [-0.15, -0.1) is 0 Å². The van der Waals surface area contributed by atoms with Gasteiger partial charge in [0.25, 0.3) is 5.91 Å². The van der Waals surface area contributed by atoms with Gasteiger partial charge in [-0.1, -0.05) is 42.5 Å². The van der Waals surface area contributed by atoms with Gasteiger partial charge in [-0.25, -0.2) is 0 Å². The highest BCUT2D eigenvalue weighted by Gasteiger charge is 2.30. The third-order valence-electron chi connectivity index (χ3n) is 6.95. The van der Waals surface area contributed by atoms with Crippen LogP contribution in [0.25, 0.3) is 5.57 Å². The minimum Gasteiger partial charge on any atom is -0.490 e. The summed E-state index contributed by atoms with van der Waals surface area (Å²) in [5, 5.41) is 15.3. The molecule has 9 heteroatoms. The lowest BCUT2D eigenvalue weighted by Gasteiger charge is -2.26. The summed E-state index contributed by atoms with van der Waals surface area (Å²) in [6.07, 6.45) is 2.30. The number of benzene rings is 3. The van der Waals surface area contributed by atoms with E-state index < -0.39 is 29.7 Å². The van der Waals surface area contributed by atoms with Crippen molar-refractivity contribution in [2.45, 2.75) is 44.1 Å². The van der Waals surface area contributed by atoms with E-state index in [2.05, 4.69) is 10.6 Å². The number of carbonyl (C=O) groups excluding carboxylic acids is 2. The van der Waals surface area contributed by atoms with Crippen molar-refractivity contribution in [2.75, 3.05) is 10.6 Å². The fraction of sp³-hybridized carbons (Fsp3) is 0.226. The summed E-state index contributed by atoms with van der Waals surface area (Å²) in [7, 11) is 0. The topological polar surface area (TPSA) is 87.7 Å². The number of nitrogens with one attached hydrogen (secondary N) is 2. The van der Waals surface area contributed by atoms with Gasteiger partial charge in [-0.2, -0.15) is 13.2 Å². The van der Waals surface area contributed by atoms with Gasteiger partial charge in [0.15, 0.2) is 0 Å². The Morgan fingerprint density at radius 1 is 1.00 bits per heavy atom. The summed E-state index contributed by atoms with van der Waals surface area (Å²) >= 11 is 0. The molecule has 3 aromatic carbocycles. The lowest BCUT2D eigenvalue weighted by Crippen LogP contribution is -2.34. The van der Waals surface area contributed by atoms with Crippen LogP contribution in [-0.2, 0) is 22.2 Å². The summed E-state index contributed by atoms with van der Waals surface area (Å²) in [6.45, 7) is 0. The average Bonchev–Trinajstić information content (AvgIpc) is 2.90. The number of carbonyl (C=O) groups is 2. The van der Waals surface area contributed by atoms with Crippen LogP contribution in [0.4, 0.5) is 24.5 Å². The van der Waals surface area contributed by atoms with E-state index in [0.717, 1.165) is 42.7 Å². The third-order valence-corrected chi connectivity index (χ3v) is 6.95. The molecule has 206 valence electrons. The lowest BCUT2D eigenvalue weighted by atomic mass is 9.95. The van der Waals surface area contributed by atoms with Gasteiger partial charge < -0.3 is 20.5 Å². The Hall–Kier alpha value is -4.37. The second kappa shape index (κ2) is 11.4. The Morgan fingerprint density at radius 3 is 2.30 bits per heavy atom. The number of hydrogen-bond acceptors (Lipinski definition) is 4. The normalized spacial score (nSPS) is 17.6. The second-order valence-corrected chi connectivity index (χ2v) is 9.74. The molecule has 40 heavy (non-hydrogen) atoms. The highest BCUT2D eigenvalue weighted by atomic mass is 19.4. The fourth-order valence-electron chi connectivity index (χ4n) is 4.54. The molecule has 3 N–H and O–H groups in total. The van der Waals surface area contributed by atoms with Crippen LogP contribution < -0.4 is 15.4 Å². The number of halogens is 3. The van der Waals surface area contributed by atoms with E-state index in [4.69, 9.17) is 4.74 Å². The zero-order valence-corrected chi connectivity index (χ0v) is 21.4. The van der Waals surface area contributed by atoms with Crippen molar-refractivity contribution in [1.29, 1.82) is 0 Å². The van der Waals surface area contributed by atoms with E-state index in [1.165, 1.54) is 24.3 Å². The van der Waals surface area contributed by atoms with Crippen molar-refractivity contribution in [3.05, 3.63) is 107 Å². The SMILES string of the molecule is O=C(C=CC=C(c1ccc(OC2CCC2)cc1)c1ccc(C(F)(F)F)cc1)Nc1cccc2c1CC(O)C(=O)N2. The lowest BCUT2D eigenvalue weighted by molar-refractivity contribution is -0.137. The Bertz CT molecular complexity index is 1460. The van der Waals surface area contributed by atoms with Crippen LogP contribution in [0.15, 0.2) is 85.0 Å². The molecule has 2 amide bonds. The zero-order chi connectivity index (χ0) is 28.3. The summed E-state index contributed by atoms with van der Waals surface area (Å²) in [5.74, 6) is -0.228. The van der Waals surface area contributed by atoms with Gasteiger partial charge >= 0.3 is 6.18 Å². The molecule has 1 saturated carbocycles. The molecular weight excluding hydrogens is 521 g/mol. The Balaban J connectivity index is 1.37. The van der Waals surface area contributed by atoms with Crippen molar-refractivity contribution in [3.63, 3.8) is 0 Å². The first-order valence-corrected chi connectivity index (χ1v) is 12.9. The summed E-state index contributed by atoms with van der Waals surface area (Å²) in [6, 6.07) is 17.2. The van der Waals surface area contributed by atoms with Crippen LogP contribution in [0.1, 0.15) is 41.5 Å². The first kappa shape index (κ1) is 27.2. The van der Waals surface area contributed by atoms with Crippen LogP contribution in [-0.4, -0.2) is 29.1 Å². The summed E-state index contributed by atoms with van der Waals surface area (Å²) < 4.78 is 45.3. The Morgan fingerprint density at radius 2 is 1.68 bits per heavy atom. The maximum absolute atomic E-state index is 13.1. The number of anilines is 2. The molecule has 0 aromatic heterocycles. The van der Waals surface area contributed by atoms with Gasteiger partial charge in [-0.05, 0) is 72.4 Å². The molecule has 0 radical (unpaired) electrons. The minimum atomic E-state index is -4.45. The minimum absolute atomic E-state index is 0.0692. The number of rotatable bonds is 7. The Kier molecular flexibility index (Phi) is 7.75. The monoisotopic (exact) mass is 548 g/mol. The molecule has 1 aliphatic carbocycles. The molecule has 1 heterocycles. The van der Waals surface area contributed by atoms with Crippen LogP contribution >= 0.6 is 0 Å². The predicted octanol–water partition coefficient (Wildman–Crippen LogP) is 6.12. The van der Waals surface area contributed by atoms with Gasteiger partial charge in [0.2, 0.25) is 5.91 Å². The number of alkyl halides is 3. The molecule has 1 atom stereocenters. The standard InChI is InChI=1S/C31H27F3N2O4/c32-31(33,34)21-14-10-19(11-15-21)24(20-12-16-23(17-13-20)40-22-4-1-5-22)6-2-9-29(38)35-26-7-3-8-27-25(26)18-28(37)30(39)36-27/h2-3,6-17,22,28,37H,1,4-5,18H2,(H,35,38)(H,36,39). The van der Waals surface area contributed by atoms with E-state index in [1.54, 1.807) is 24.3 Å². The molecule has 1 aliphatic heterocycles. The summed E-state index contributed by atoms with van der Waals surface area (Å²) in [4.78, 5) is 24.5. The Labute approximate surface area is 229 Å². The van der Waals surface area contributed by atoms with Gasteiger partial charge in [0.1, 0.15) is 11.9 Å². The third kappa shape index (κ3) is 6.26. The smallest absolute Gasteiger partial charge is 0.416 e. The molecule has 0 spiro atoms. The second-order valence-electron chi connectivity index (χ2n) is 9.74. The fourth-order valence-corrected chi connectivity index (χ4v) is 4.54. The van der Waals surface area contributed by atoms with E-state index >= 15 is 0 Å². The largest absolute Gasteiger partial charge is 0.490 e. The molecule has 6 nitrogen and oxygen atoms in total. The van der Waals surface area contributed by atoms with E-state index in [-0.39, 0.29) is 12.5 Å². The van der Waals surface area contributed by atoms with Gasteiger partial charge in [-0.3, -0.25) is 9.59 Å². The van der Waals surface area contributed by atoms with Crippen LogP contribution in [0.3, 0.4) is 0 Å².